The summed E-state index contributed by atoms with van der Waals surface area (Å²) in [7, 11) is 0. The van der Waals surface area contributed by atoms with E-state index in [4.69, 9.17) is 5.84 Å². The molecular weight excluding hydrogens is 388 g/mol. The van der Waals surface area contributed by atoms with Crippen molar-refractivity contribution in [1.29, 1.82) is 0 Å². The van der Waals surface area contributed by atoms with Gasteiger partial charge < -0.3 is 5.32 Å². The highest BCUT2D eigenvalue weighted by molar-refractivity contribution is 6.03. The minimum atomic E-state index is -0.464. The third kappa shape index (κ3) is 3.97. The minimum absolute atomic E-state index is 0.0353. The second kappa shape index (κ2) is 7.68. The minimum Gasteiger partial charge on any atom is -0.348 e. The average Bonchev–Trinajstić information content (AvgIpc) is 3.10. The van der Waals surface area contributed by atoms with Crippen molar-refractivity contribution in [3.63, 3.8) is 0 Å². The van der Waals surface area contributed by atoms with Crippen LogP contribution in [-0.2, 0) is 0 Å². The van der Waals surface area contributed by atoms with Crippen LogP contribution in [0.15, 0.2) is 65.8 Å². The fourth-order valence-electron chi connectivity index (χ4n) is 3.56. The van der Waals surface area contributed by atoms with Gasteiger partial charge in [0.05, 0.1) is 6.04 Å². The fourth-order valence-corrected chi connectivity index (χ4v) is 3.56. The number of aliphatic imine (C=N–C) groups is 1. The molecule has 0 saturated heterocycles. The zero-order chi connectivity index (χ0) is 22.2. The molecule has 0 aliphatic carbocycles. The summed E-state index contributed by atoms with van der Waals surface area (Å²) < 4.78 is -0.184. The Labute approximate surface area is 182 Å². The molecule has 0 spiro atoms. The van der Waals surface area contributed by atoms with Gasteiger partial charge in [-0.1, -0.05) is 51.1 Å². The highest BCUT2D eigenvalue weighted by Gasteiger charge is 2.38. The number of nitrogens with one attached hydrogen (secondary N) is 1. The molecule has 0 fully saturated rings. The summed E-state index contributed by atoms with van der Waals surface area (Å²) in [6.45, 7) is 7.77. The van der Waals surface area contributed by atoms with E-state index >= 15 is 0 Å². The monoisotopic (exact) mass is 415 g/mol. The average molecular weight is 416 g/mol. The maximum absolute atomic E-state index is 12.6. The van der Waals surface area contributed by atoms with E-state index in [1.54, 1.807) is 30.7 Å². The van der Waals surface area contributed by atoms with Crippen molar-refractivity contribution in [2.45, 2.75) is 33.7 Å². The van der Waals surface area contributed by atoms with E-state index in [1.807, 2.05) is 45.0 Å². The molecule has 2 unspecified atom stereocenters. The molecule has 7 heteroatoms. The van der Waals surface area contributed by atoms with Crippen LogP contribution < -0.4 is 15.8 Å². The number of anilines is 1. The van der Waals surface area contributed by atoms with Crippen LogP contribution in [0.25, 0.3) is 0 Å². The Balaban J connectivity index is 1.62. The zero-order valence-corrected chi connectivity index (χ0v) is 18.2. The maximum Gasteiger partial charge on any atom is 0.263 e. The second-order valence-corrected chi connectivity index (χ2v) is 8.82. The molecule has 0 saturated carbocycles. The number of quaternary nitrogens is 1. The highest BCUT2D eigenvalue weighted by Crippen LogP contribution is 2.41. The molecule has 31 heavy (non-hydrogen) atoms. The van der Waals surface area contributed by atoms with E-state index in [9.17, 15) is 4.79 Å². The molecule has 0 radical (unpaired) electrons. The van der Waals surface area contributed by atoms with Crippen molar-refractivity contribution in [2.75, 3.05) is 5.32 Å². The molecule has 7 nitrogen and oxygen atoms in total. The predicted molar refractivity (Wildman–Crippen MR) is 125 cm³/mol. The van der Waals surface area contributed by atoms with E-state index in [0.717, 1.165) is 11.3 Å². The largest absolute Gasteiger partial charge is 0.348 e. The van der Waals surface area contributed by atoms with E-state index in [0.29, 0.717) is 23.0 Å². The predicted octanol–water partition coefficient (Wildman–Crippen LogP) is 5.06. The van der Waals surface area contributed by atoms with Crippen LogP contribution >= 0.6 is 0 Å². The molecule has 1 aliphatic rings. The van der Waals surface area contributed by atoms with Gasteiger partial charge in [0.1, 0.15) is 5.69 Å². The van der Waals surface area contributed by atoms with Crippen molar-refractivity contribution in [3.8, 4) is 0 Å². The third-order valence-electron chi connectivity index (χ3n) is 5.36. The number of ketones is 1. The van der Waals surface area contributed by atoms with Crippen LogP contribution in [0.5, 0.6) is 0 Å². The Hall–Kier alpha value is -3.42. The second-order valence-electron chi connectivity index (χ2n) is 8.82. The van der Waals surface area contributed by atoms with Gasteiger partial charge in [0.2, 0.25) is 12.3 Å². The lowest BCUT2D eigenvalue weighted by Gasteiger charge is -2.23. The number of hydrogen-bond acceptors (Lipinski definition) is 6. The number of nitrogens with zero attached hydrogens (tertiary/aromatic N) is 4. The molecule has 2 aromatic carbocycles. The summed E-state index contributed by atoms with van der Waals surface area (Å²) in [6, 6.07) is 17.4. The van der Waals surface area contributed by atoms with Crippen LogP contribution in [0.2, 0.25) is 0 Å². The molecule has 158 valence electrons. The van der Waals surface area contributed by atoms with Gasteiger partial charge in [-0.3, -0.25) is 4.79 Å². The first-order valence-electron chi connectivity index (χ1n) is 10.3. The van der Waals surface area contributed by atoms with E-state index in [1.165, 1.54) is 0 Å². The van der Waals surface area contributed by atoms with Gasteiger partial charge in [0, 0.05) is 29.3 Å². The van der Waals surface area contributed by atoms with Crippen molar-refractivity contribution in [3.05, 3.63) is 71.9 Å². The summed E-state index contributed by atoms with van der Waals surface area (Å²) in [5.41, 5.74) is 2.72. The third-order valence-corrected chi connectivity index (χ3v) is 5.36. The number of carbonyl (C=O) groups is 1. The van der Waals surface area contributed by atoms with Crippen molar-refractivity contribution >= 4 is 35.3 Å². The lowest BCUT2D eigenvalue weighted by molar-refractivity contribution is 0.0858. The Morgan fingerprint density at radius 1 is 1.10 bits per heavy atom. The lowest BCUT2D eigenvalue weighted by atomic mass is 9.86. The normalized spacial score (nSPS) is 18.5. The standard InChI is InChI=1S/C24H27N6O/c1-16(17-8-6-5-7-9-17)28-23-26-13-12-21(29-23)30(25)15-27-19-14-18(10-11-20(19)30)22(31)24(2,3)4/h5-16H,25H2,1-4H3,(H,26,28,29)/q+1. The van der Waals surface area contributed by atoms with Gasteiger partial charge in [-0.25, -0.2) is 4.98 Å². The van der Waals surface area contributed by atoms with Crippen LogP contribution in [0.4, 0.5) is 23.1 Å². The smallest absolute Gasteiger partial charge is 0.263 e. The summed E-state index contributed by atoms with van der Waals surface area (Å²) in [5.74, 6) is 7.83. The molecule has 4 rings (SSSR count). The fraction of sp³-hybridized carbons (Fsp3) is 0.250. The number of benzene rings is 2. The highest BCUT2D eigenvalue weighted by atomic mass is 16.1. The number of fused-ring (bicyclic) bond motifs is 1. The Morgan fingerprint density at radius 3 is 2.55 bits per heavy atom. The van der Waals surface area contributed by atoms with E-state index in [2.05, 4.69) is 39.3 Å². The zero-order valence-electron chi connectivity index (χ0n) is 18.2. The van der Waals surface area contributed by atoms with Crippen LogP contribution in [0.3, 0.4) is 0 Å². The number of rotatable bonds is 5. The SMILES string of the molecule is CC(Nc1nccc([N+]2(N)C=Nc3cc(C(=O)C(C)(C)C)ccc32)n1)c1ccccc1. The molecule has 2 atom stereocenters. The first-order chi connectivity index (χ1) is 14.7. The van der Waals surface area contributed by atoms with Crippen LogP contribution in [-0.4, -0.2) is 22.1 Å². The number of Topliss-reactive ketones (excluding diaryl/α,β-unsaturated/α-hetero) is 1. The van der Waals surface area contributed by atoms with Crippen molar-refractivity contribution < 1.29 is 4.79 Å². The Morgan fingerprint density at radius 2 is 1.84 bits per heavy atom. The maximum atomic E-state index is 12.6. The molecule has 3 aromatic rings. The summed E-state index contributed by atoms with van der Waals surface area (Å²) in [4.78, 5) is 26.1. The van der Waals surface area contributed by atoms with Gasteiger partial charge in [-0.05, 0) is 24.6 Å². The number of nitrogens with two attached hydrogens (primary N) is 1. The van der Waals surface area contributed by atoms with Crippen LogP contribution in [0.1, 0.15) is 49.7 Å². The summed E-state index contributed by atoms with van der Waals surface area (Å²) in [6.07, 6.45) is 3.31. The van der Waals surface area contributed by atoms with Gasteiger partial charge in [-0.2, -0.15) is 15.8 Å². The lowest BCUT2D eigenvalue weighted by Crippen LogP contribution is -2.49. The van der Waals surface area contributed by atoms with Gasteiger partial charge in [-0.15, -0.1) is 4.59 Å². The number of aromatic nitrogens is 2. The molecule has 3 N–H and O–H groups in total. The van der Waals surface area contributed by atoms with Crippen molar-refractivity contribution in [1.82, 2.24) is 14.6 Å². The molecule has 1 aromatic heterocycles. The molecule has 0 bridgehead atoms. The van der Waals surface area contributed by atoms with E-state index < -0.39 is 5.41 Å². The quantitative estimate of drug-likeness (QED) is 0.345. The Kier molecular flexibility index (Phi) is 5.16. The number of hydrogen-bond donors (Lipinski definition) is 2. The Bertz CT molecular complexity index is 1150. The first kappa shape index (κ1) is 20.8. The summed E-state index contributed by atoms with van der Waals surface area (Å²) in [5, 5.41) is 3.33. The molecule has 0 amide bonds. The van der Waals surface area contributed by atoms with Crippen molar-refractivity contribution in [2.24, 2.45) is 16.3 Å². The van der Waals surface area contributed by atoms with E-state index in [-0.39, 0.29) is 16.4 Å². The van der Waals surface area contributed by atoms with Gasteiger partial charge in [0.15, 0.2) is 11.5 Å². The summed E-state index contributed by atoms with van der Waals surface area (Å²) >= 11 is 0. The first-order valence-corrected chi connectivity index (χ1v) is 10.3. The molecular formula is C24H27N6O+. The van der Waals surface area contributed by atoms with Crippen LogP contribution in [0, 0.1) is 5.41 Å². The topological polar surface area (TPSA) is 93.3 Å². The molecule has 2 heterocycles. The van der Waals surface area contributed by atoms with Gasteiger partial charge in [0.25, 0.3) is 5.82 Å². The molecule has 1 aliphatic heterocycles. The van der Waals surface area contributed by atoms with Gasteiger partial charge >= 0.3 is 0 Å². The number of carbonyl (C=O) groups excluding carboxylic acids is 1.